The van der Waals surface area contributed by atoms with E-state index in [1.807, 2.05) is 19.1 Å². The van der Waals surface area contributed by atoms with E-state index in [-0.39, 0.29) is 12.3 Å². The highest BCUT2D eigenvalue weighted by Crippen LogP contribution is 2.41. The molecule has 0 aromatic carbocycles. The van der Waals surface area contributed by atoms with Gasteiger partial charge in [0, 0.05) is 29.3 Å². The maximum atomic E-state index is 12.1. The van der Waals surface area contributed by atoms with Gasteiger partial charge in [0.2, 0.25) is 11.8 Å². The molecule has 1 saturated carbocycles. The number of hydrogen-bond donors (Lipinski definition) is 2. The SMILES string of the molecule is Cc1cc(CC(=O)Nc2cc(C3CC(COc4nnccc4C(C)C)C3)[nH]n2)on1. The molecule has 0 radical (unpaired) electrons. The van der Waals surface area contributed by atoms with Gasteiger partial charge >= 0.3 is 0 Å². The van der Waals surface area contributed by atoms with Gasteiger partial charge < -0.3 is 14.6 Å². The fraction of sp³-hybridized carbons (Fsp3) is 0.476. The summed E-state index contributed by atoms with van der Waals surface area (Å²) < 4.78 is 11.0. The molecular weight excluding hydrogens is 384 g/mol. The molecule has 0 spiro atoms. The number of carbonyl (C=O) groups excluding carboxylic acids is 1. The van der Waals surface area contributed by atoms with Gasteiger partial charge in [0.1, 0.15) is 5.76 Å². The number of nitrogens with one attached hydrogen (secondary N) is 2. The van der Waals surface area contributed by atoms with Crippen LogP contribution in [0.3, 0.4) is 0 Å². The van der Waals surface area contributed by atoms with Crippen LogP contribution in [0.25, 0.3) is 0 Å². The predicted molar refractivity (Wildman–Crippen MR) is 109 cm³/mol. The van der Waals surface area contributed by atoms with Crippen LogP contribution in [0.1, 0.15) is 61.2 Å². The first-order valence-electron chi connectivity index (χ1n) is 10.2. The first-order valence-corrected chi connectivity index (χ1v) is 10.2. The third kappa shape index (κ3) is 4.67. The van der Waals surface area contributed by atoms with Crippen LogP contribution in [0, 0.1) is 12.8 Å². The Morgan fingerprint density at radius 2 is 2.20 bits per heavy atom. The minimum atomic E-state index is -0.186. The number of aryl methyl sites for hydroxylation is 1. The van der Waals surface area contributed by atoms with Crippen LogP contribution >= 0.6 is 0 Å². The molecule has 3 aromatic heterocycles. The second-order valence-corrected chi connectivity index (χ2v) is 8.16. The molecule has 1 aliphatic carbocycles. The van der Waals surface area contributed by atoms with Crippen molar-refractivity contribution in [2.45, 2.75) is 51.9 Å². The van der Waals surface area contributed by atoms with Crippen LogP contribution in [0.5, 0.6) is 5.88 Å². The van der Waals surface area contributed by atoms with E-state index in [4.69, 9.17) is 9.26 Å². The number of nitrogens with zero attached hydrogens (tertiary/aromatic N) is 4. The fourth-order valence-corrected chi connectivity index (χ4v) is 3.66. The standard InChI is InChI=1S/C21H26N6O3/c1-12(2)17-4-5-22-26-21(17)29-11-14-7-15(8-14)18-10-19(25-24-18)23-20(28)9-16-6-13(3)27-30-16/h4-6,10,12,14-15H,7-9,11H2,1-3H3,(H2,23,24,25,28). The zero-order valence-corrected chi connectivity index (χ0v) is 17.4. The summed E-state index contributed by atoms with van der Waals surface area (Å²) in [7, 11) is 0. The molecule has 1 fully saturated rings. The van der Waals surface area contributed by atoms with E-state index in [1.54, 1.807) is 12.3 Å². The van der Waals surface area contributed by atoms with Gasteiger partial charge in [-0.05, 0) is 37.7 Å². The zero-order valence-electron chi connectivity index (χ0n) is 17.4. The van der Waals surface area contributed by atoms with Gasteiger partial charge in [-0.3, -0.25) is 9.89 Å². The molecule has 4 rings (SSSR count). The van der Waals surface area contributed by atoms with E-state index in [0.717, 1.165) is 29.8 Å². The Hall–Kier alpha value is -3.23. The summed E-state index contributed by atoms with van der Waals surface area (Å²) in [6, 6.07) is 5.60. The number of carbonyl (C=O) groups is 1. The van der Waals surface area contributed by atoms with E-state index < -0.39 is 0 Å². The van der Waals surface area contributed by atoms with Crippen LogP contribution in [0.2, 0.25) is 0 Å². The number of aromatic nitrogens is 5. The van der Waals surface area contributed by atoms with Gasteiger partial charge in [-0.25, -0.2) is 0 Å². The van der Waals surface area contributed by atoms with E-state index in [0.29, 0.717) is 41.8 Å². The van der Waals surface area contributed by atoms with Crippen LogP contribution < -0.4 is 10.1 Å². The Labute approximate surface area is 174 Å². The van der Waals surface area contributed by atoms with Gasteiger partial charge in [-0.15, -0.1) is 5.10 Å². The lowest BCUT2D eigenvalue weighted by atomic mass is 9.74. The van der Waals surface area contributed by atoms with Crippen molar-refractivity contribution in [2.24, 2.45) is 5.92 Å². The van der Waals surface area contributed by atoms with Gasteiger partial charge in [0.05, 0.1) is 24.9 Å². The quantitative estimate of drug-likeness (QED) is 0.584. The monoisotopic (exact) mass is 410 g/mol. The summed E-state index contributed by atoms with van der Waals surface area (Å²) in [5, 5.41) is 21.9. The van der Waals surface area contributed by atoms with Gasteiger partial charge in [0.25, 0.3) is 0 Å². The second kappa shape index (κ2) is 8.64. The number of ether oxygens (including phenoxy) is 1. The van der Waals surface area contributed by atoms with E-state index >= 15 is 0 Å². The third-order valence-corrected chi connectivity index (χ3v) is 5.35. The lowest BCUT2D eigenvalue weighted by molar-refractivity contribution is -0.115. The molecule has 0 aliphatic heterocycles. The number of hydrogen-bond acceptors (Lipinski definition) is 7. The van der Waals surface area contributed by atoms with E-state index in [2.05, 4.69) is 44.7 Å². The summed E-state index contributed by atoms with van der Waals surface area (Å²) in [6.07, 6.45) is 3.84. The van der Waals surface area contributed by atoms with Crippen molar-refractivity contribution in [1.82, 2.24) is 25.6 Å². The Bertz CT molecular complexity index is 1010. The average molecular weight is 410 g/mol. The van der Waals surface area contributed by atoms with Crippen molar-refractivity contribution in [3.8, 4) is 5.88 Å². The Kier molecular flexibility index (Phi) is 5.78. The summed E-state index contributed by atoms with van der Waals surface area (Å²) in [5.41, 5.74) is 2.86. The Balaban J connectivity index is 1.24. The molecular formula is C21H26N6O3. The molecule has 0 unspecified atom stereocenters. The van der Waals surface area contributed by atoms with Crippen LogP contribution in [0.4, 0.5) is 5.82 Å². The summed E-state index contributed by atoms with van der Waals surface area (Å²) in [4.78, 5) is 12.1. The number of anilines is 1. The summed E-state index contributed by atoms with van der Waals surface area (Å²) in [5.74, 6) is 2.70. The smallest absolute Gasteiger partial charge is 0.236 e. The molecule has 9 nitrogen and oxygen atoms in total. The molecule has 158 valence electrons. The van der Waals surface area contributed by atoms with E-state index in [9.17, 15) is 4.79 Å². The lowest BCUT2D eigenvalue weighted by Crippen LogP contribution is -2.27. The number of rotatable bonds is 8. The van der Waals surface area contributed by atoms with Crippen molar-refractivity contribution in [3.63, 3.8) is 0 Å². The number of amides is 1. The minimum Gasteiger partial charge on any atom is -0.476 e. The van der Waals surface area contributed by atoms with Crippen LogP contribution in [-0.4, -0.2) is 38.1 Å². The summed E-state index contributed by atoms with van der Waals surface area (Å²) >= 11 is 0. The van der Waals surface area contributed by atoms with Crippen molar-refractivity contribution < 1.29 is 14.1 Å². The van der Waals surface area contributed by atoms with E-state index in [1.165, 1.54) is 0 Å². The molecule has 1 amide bonds. The Morgan fingerprint density at radius 3 is 2.93 bits per heavy atom. The molecule has 0 bridgehead atoms. The van der Waals surface area contributed by atoms with Crippen molar-refractivity contribution in [1.29, 1.82) is 0 Å². The molecule has 2 N–H and O–H groups in total. The van der Waals surface area contributed by atoms with Crippen molar-refractivity contribution in [2.75, 3.05) is 11.9 Å². The highest BCUT2D eigenvalue weighted by atomic mass is 16.5. The normalized spacial score (nSPS) is 18.3. The predicted octanol–water partition coefficient (Wildman–Crippen LogP) is 3.37. The first-order chi connectivity index (χ1) is 14.5. The van der Waals surface area contributed by atoms with Gasteiger partial charge in [-0.2, -0.15) is 10.2 Å². The highest BCUT2D eigenvalue weighted by molar-refractivity contribution is 5.91. The minimum absolute atomic E-state index is 0.132. The average Bonchev–Trinajstić information content (AvgIpc) is 3.29. The Morgan fingerprint density at radius 1 is 1.37 bits per heavy atom. The molecule has 30 heavy (non-hydrogen) atoms. The van der Waals surface area contributed by atoms with Crippen LogP contribution in [0.15, 0.2) is 28.9 Å². The van der Waals surface area contributed by atoms with Crippen molar-refractivity contribution >= 4 is 11.7 Å². The first kappa shape index (κ1) is 20.1. The maximum absolute atomic E-state index is 12.1. The second-order valence-electron chi connectivity index (χ2n) is 8.16. The number of aromatic amines is 1. The lowest BCUT2D eigenvalue weighted by Gasteiger charge is -2.34. The highest BCUT2D eigenvalue weighted by Gasteiger charge is 2.32. The largest absolute Gasteiger partial charge is 0.476 e. The maximum Gasteiger partial charge on any atom is 0.236 e. The third-order valence-electron chi connectivity index (χ3n) is 5.35. The molecule has 0 atom stereocenters. The van der Waals surface area contributed by atoms with Crippen LogP contribution in [-0.2, 0) is 11.2 Å². The molecule has 1 aliphatic rings. The topological polar surface area (TPSA) is 119 Å². The molecule has 0 saturated heterocycles. The molecule has 3 aromatic rings. The molecule has 3 heterocycles. The number of H-pyrrole nitrogens is 1. The van der Waals surface area contributed by atoms with Gasteiger partial charge in [0.15, 0.2) is 5.82 Å². The van der Waals surface area contributed by atoms with Gasteiger partial charge in [-0.1, -0.05) is 19.0 Å². The molecule has 9 heteroatoms. The fourth-order valence-electron chi connectivity index (χ4n) is 3.66. The van der Waals surface area contributed by atoms with Crippen molar-refractivity contribution in [3.05, 3.63) is 47.1 Å². The zero-order chi connectivity index (χ0) is 21.1. The summed E-state index contributed by atoms with van der Waals surface area (Å²) in [6.45, 7) is 6.68.